The van der Waals surface area contributed by atoms with Crippen molar-refractivity contribution in [3.05, 3.63) is 24.3 Å². The minimum Gasteiger partial charge on any atom is -0.508 e. The number of aromatic hydroxyl groups is 1. The van der Waals surface area contributed by atoms with Crippen LogP contribution in [0.25, 0.3) is 0 Å². The van der Waals surface area contributed by atoms with Crippen LogP contribution in [0.3, 0.4) is 0 Å². The van der Waals surface area contributed by atoms with Gasteiger partial charge in [0.15, 0.2) is 0 Å². The van der Waals surface area contributed by atoms with Gasteiger partial charge in [0.05, 0.1) is 0 Å². The number of hydrogen-bond donors (Lipinski definition) is 1. The van der Waals surface area contributed by atoms with Gasteiger partial charge in [-0.15, -0.1) is 0 Å². The van der Waals surface area contributed by atoms with Gasteiger partial charge in [-0.1, -0.05) is 17.3 Å². The van der Waals surface area contributed by atoms with Crippen LogP contribution >= 0.6 is 0 Å². The van der Waals surface area contributed by atoms with Crippen LogP contribution in [0.15, 0.2) is 24.3 Å². The maximum absolute atomic E-state index is 8.77. The van der Waals surface area contributed by atoms with E-state index in [1.54, 1.807) is 12.1 Å². The first-order valence-corrected chi connectivity index (χ1v) is 3.54. The summed E-state index contributed by atoms with van der Waals surface area (Å²) in [6.07, 6.45) is 0. The number of benzene rings is 1. The van der Waals surface area contributed by atoms with Crippen LogP contribution in [-0.4, -0.2) is 15.3 Å². The van der Waals surface area contributed by atoms with Gasteiger partial charge in [0.1, 0.15) is 5.75 Å². The van der Waals surface area contributed by atoms with E-state index in [0.29, 0.717) is 5.75 Å². The molecule has 0 spiro atoms. The molecule has 0 aromatic heterocycles. The van der Waals surface area contributed by atoms with E-state index < -0.39 is 0 Å². The molecule has 0 heterocycles. The number of phenolic OH excluding ortho intramolecular Hbond substituents is 1. The van der Waals surface area contributed by atoms with Crippen molar-refractivity contribution in [3.8, 4) is 5.75 Å². The summed E-state index contributed by atoms with van der Waals surface area (Å²) in [5.74, 6) is 0.351. The second kappa shape index (κ2) is 3.88. The average molecular weight is 172 g/mol. The van der Waals surface area contributed by atoms with Crippen molar-refractivity contribution in [3.63, 3.8) is 0 Å². The zero-order valence-corrected chi connectivity index (χ0v) is 8.82. The van der Waals surface area contributed by atoms with Crippen molar-refractivity contribution < 1.29 is 26.8 Å². The fraction of sp³-hybridized carbons (Fsp3) is 0. The molecule has 0 amide bonds. The SMILES string of the molecule is Oc1ccc([SiH3])cc1.[Ti]. The first-order valence-electron chi connectivity index (χ1n) is 2.54. The molecule has 0 saturated carbocycles. The van der Waals surface area contributed by atoms with Crippen LogP contribution in [0, 0.1) is 0 Å². The molecule has 0 atom stereocenters. The minimum atomic E-state index is 0. The molecule has 0 aliphatic carbocycles. The fourth-order valence-electron chi connectivity index (χ4n) is 0.545. The molecule has 0 bridgehead atoms. The van der Waals surface area contributed by atoms with Crippen molar-refractivity contribution in [1.29, 1.82) is 0 Å². The van der Waals surface area contributed by atoms with Gasteiger partial charge < -0.3 is 5.11 Å². The molecule has 1 N–H and O–H groups in total. The predicted molar refractivity (Wildman–Crippen MR) is 37.7 cm³/mol. The van der Waals surface area contributed by atoms with Gasteiger partial charge in [-0.3, -0.25) is 0 Å². The molecule has 0 fully saturated rings. The molecular formula is C6H8OSiTi. The minimum absolute atomic E-state index is 0. The fourth-order valence-corrected chi connectivity index (χ4v) is 0.878. The molecule has 1 aromatic carbocycles. The summed E-state index contributed by atoms with van der Waals surface area (Å²) in [4.78, 5) is 0. The Balaban J connectivity index is 0.000000640. The first kappa shape index (κ1) is 8.95. The van der Waals surface area contributed by atoms with Crippen molar-refractivity contribution in [1.82, 2.24) is 0 Å². The summed E-state index contributed by atoms with van der Waals surface area (Å²) in [5.41, 5.74) is 0. The molecule has 0 saturated heterocycles. The Labute approximate surface area is 72.4 Å². The van der Waals surface area contributed by atoms with Gasteiger partial charge in [0, 0.05) is 32.0 Å². The van der Waals surface area contributed by atoms with Gasteiger partial charge in [-0.2, -0.15) is 0 Å². The molecule has 0 unspecified atom stereocenters. The smallest absolute Gasteiger partial charge is 0.115 e. The van der Waals surface area contributed by atoms with E-state index in [1.807, 2.05) is 12.1 Å². The molecule has 1 nitrogen and oxygen atoms in total. The zero-order valence-electron chi connectivity index (χ0n) is 5.26. The van der Waals surface area contributed by atoms with E-state index in [0.717, 1.165) is 10.2 Å². The Bertz CT molecular complexity index is 152. The van der Waals surface area contributed by atoms with E-state index >= 15 is 0 Å². The number of hydrogen-bond acceptors (Lipinski definition) is 1. The average Bonchev–Trinajstić information content (AvgIpc) is 1.77. The van der Waals surface area contributed by atoms with E-state index in [4.69, 9.17) is 5.11 Å². The molecule has 3 heteroatoms. The van der Waals surface area contributed by atoms with Crippen LogP contribution in [0.1, 0.15) is 0 Å². The molecule has 46 valence electrons. The Morgan fingerprint density at radius 1 is 1.11 bits per heavy atom. The number of rotatable bonds is 0. The molecular weight excluding hydrogens is 164 g/mol. The summed E-state index contributed by atoms with van der Waals surface area (Å²) in [5, 5.41) is 10.1. The molecule has 0 aliphatic heterocycles. The molecule has 0 radical (unpaired) electrons. The second-order valence-electron chi connectivity index (χ2n) is 1.84. The Morgan fingerprint density at radius 3 is 1.89 bits per heavy atom. The zero-order chi connectivity index (χ0) is 5.98. The van der Waals surface area contributed by atoms with Gasteiger partial charge in [-0.25, -0.2) is 0 Å². The third kappa shape index (κ3) is 2.84. The van der Waals surface area contributed by atoms with Crippen LogP contribution in [-0.2, 0) is 21.7 Å². The summed E-state index contributed by atoms with van der Waals surface area (Å²) >= 11 is 0. The molecule has 9 heavy (non-hydrogen) atoms. The van der Waals surface area contributed by atoms with Crippen molar-refractivity contribution in [2.45, 2.75) is 0 Å². The van der Waals surface area contributed by atoms with Crippen LogP contribution < -0.4 is 5.19 Å². The van der Waals surface area contributed by atoms with E-state index in [-0.39, 0.29) is 21.7 Å². The van der Waals surface area contributed by atoms with Crippen LogP contribution in [0.4, 0.5) is 0 Å². The largest absolute Gasteiger partial charge is 0.508 e. The van der Waals surface area contributed by atoms with Crippen molar-refractivity contribution >= 4 is 15.4 Å². The Kier molecular flexibility index (Phi) is 3.86. The summed E-state index contributed by atoms with van der Waals surface area (Å²) in [7, 11) is 1.06. The predicted octanol–water partition coefficient (Wildman–Crippen LogP) is -0.620. The van der Waals surface area contributed by atoms with Crippen LogP contribution in [0.5, 0.6) is 5.75 Å². The number of phenols is 1. The Morgan fingerprint density at radius 2 is 1.56 bits per heavy atom. The van der Waals surface area contributed by atoms with Crippen molar-refractivity contribution in [2.75, 3.05) is 0 Å². The summed E-state index contributed by atoms with van der Waals surface area (Å²) in [6, 6.07) is 7.29. The maximum Gasteiger partial charge on any atom is 0.115 e. The first-order chi connectivity index (χ1) is 3.79. The quantitative estimate of drug-likeness (QED) is 0.517. The monoisotopic (exact) mass is 172 g/mol. The summed E-state index contributed by atoms with van der Waals surface area (Å²) in [6.45, 7) is 0. The standard InChI is InChI=1S/C6H8OSi.Ti/c7-5-1-3-6(8)4-2-5;/h1-4,7H,8H3;. The third-order valence-electron chi connectivity index (χ3n) is 1.03. The van der Waals surface area contributed by atoms with E-state index in [9.17, 15) is 0 Å². The maximum atomic E-state index is 8.77. The normalized spacial score (nSPS) is 8.44. The Hall–Kier alpha value is -0.0488. The van der Waals surface area contributed by atoms with E-state index in [1.165, 1.54) is 5.19 Å². The third-order valence-corrected chi connectivity index (χ3v) is 1.70. The molecule has 1 aromatic rings. The van der Waals surface area contributed by atoms with Gasteiger partial charge in [-0.05, 0) is 12.1 Å². The second-order valence-corrected chi connectivity index (χ2v) is 2.99. The van der Waals surface area contributed by atoms with E-state index in [2.05, 4.69) is 0 Å². The van der Waals surface area contributed by atoms with Gasteiger partial charge in [0.25, 0.3) is 0 Å². The van der Waals surface area contributed by atoms with Gasteiger partial charge >= 0.3 is 0 Å². The molecule has 1 rings (SSSR count). The summed E-state index contributed by atoms with van der Waals surface area (Å²) < 4.78 is 0. The molecule has 0 aliphatic rings. The van der Waals surface area contributed by atoms with Crippen LogP contribution in [0.2, 0.25) is 0 Å². The topological polar surface area (TPSA) is 20.2 Å². The van der Waals surface area contributed by atoms with Gasteiger partial charge in [0.2, 0.25) is 0 Å². The van der Waals surface area contributed by atoms with Crippen molar-refractivity contribution in [2.24, 2.45) is 0 Å².